The molecule has 0 radical (unpaired) electrons. The molecular weight excluding hydrogens is 304 g/mol. The van der Waals surface area contributed by atoms with E-state index >= 15 is 0 Å². The van der Waals surface area contributed by atoms with E-state index in [2.05, 4.69) is 30.9 Å². The van der Waals surface area contributed by atoms with Gasteiger partial charge in [0.1, 0.15) is 11.4 Å². The lowest BCUT2D eigenvalue weighted by atomic mass is 10.4. The van der Waals surface area contributed by atoms with Crippen LogP contribution in [0, 0.1) is 0 Å². The van der Waals surface area contributed by atoms with Gasteiger partial charge < -0.3 is 14.8 Å². The molecule has 0 aliphatic carbocycles. The third kappa shape index (κ3) is 4.45. The van der Waals surface area contributed by atoms with Gasteiger partial charge in [-0.25, -0.2) is 4.79 Å². The van der Waals surface area contributed by atoms with E-state index < -0.39 is 0 Å². The van der Waals surface area contributed by atoms with Crippen LogP contribution < -0.4 is 5.32 Å². The molecular formula is C12H20N8OS. The molecule has 0 aromatic carbocycles. The Morgan fingerprint density at radius 3 is 3.05 bits per heavy atom. The van der Waals surface area contributed by atoms with Gasteiger partial charge in [-0.3, -0.25) is 0 Å². The minimum absolute atomic E-state index is 0.140. The van der Waals surface area contributed by atoms with Crippen molar-refractivity contribution >= 4 is 17.8 Å². The lowest BCUT2D eigenvalue weighted by Crippen LogP contribution is -2.38. The Morgan fingerprint density at radius 1 is 1.55 bits per heavy atom. The van der Waals surface area contributed by atoms with E-state index in [0.29, 0.717) is 13.1 Å². The Kier molecular flexibility index (Phi) is 5.75. The highest BCUT2D eigenvalue weighted by Crippen LogP contribution is 2.11. The number of hydrogen-bond donors (Lipinski definition) is 2. The van der Waals surface area contributed by atoms with Gasteiger partial charge in [0.05, 0.1) is 12.7 Å². The van der Waals surface area contributed by atoms with Crippen LogP contribution >= 0.6 is 11.8 Å². The van der Waals surface area contributed by atoms with Crippen LogP contribution in [-0.2, 0) is 6.54 Å². The number of hydrogen-bond acceptors (Lipinski definition) is 6. The molecule has 22 heavy (non-hydrogen) atoms. The molecule has 10 heteroatoms. The molecule has 0 saturated heterocycles. The minimum atomic E-state index is -0.140. The average Bonchev–Trinajstić information content (AvgIpc) is 3.14. The predicted molar refractivity (Wildman–Crippen MR) is 82.4 cm³/mol. The number of nitrogens with one attached hydrogen (secondary N) is 2. The Hall–Kier alpha value is -2.10. The number of H-pyrrole nitrogens is 1. The van der Waals surface area contributed by atoms with Gasteiger partial charge in [-0.2, -0.15) is 10.3 Å². The van der Waals surface area contributed by atoms with Gasteiger partial charge >= 0.3 is 6.03 Å². The Balaban J connectivity index is 1.73. The average molecular weight is 324 g/mol. The van der Waals surface area contributed by atoms with E-state index in [1.807, 2.05) is 18.4 Å². The number of nitrogens with zero attached hydrogens (tertiary/aromatic N) is 6. The number of rotatable bonds is 7. The summed E-state index contributed by atoms with van der Waals surface area (Å²) in [6, 6.07) is 0.124. The molecule has 0 bridgehead atoms. The molecule has 0 fully saturated rings. The van der Waals surface area contributed by atoms with Crippen molar-refractivity contribution in [2.24, 2.45) is 0 Å². The molecule has 2 amide bonds. The minimum Gasteiger partial charge on any atom is -0.337 e. The zero-order valence-corrected chi connectivity index (χ0v) is 13.7. The van der Waals surface area contributed by atoms with Gasteiger partial charge in [0, 0.05) is 25.4 Å². The van der Waals surface area contributed by atoms with Crippen molar-refractivity contribution in [3.05, 3.63) is 18.3 Å². The van der Waals surface area contributed by atoms with Crippen molar-refractivity contribution in [3.63, 3.8) is 0 Å². The van der Waals surface area contributed by atoms with E-state index in [1.54, 1.807) is 24.5 Å². The smallest absolute Gasteiger partial charge is 0.317 e. The first kappa shape index (κ1) is 16.3. The fraction of sp³-hybridized carbons (Fsp3) is 0.583. The first-order valence-electron chi connectivity index (χ1n) is 6.94. The Bertz CT molecular complexity index is 582. The topological polar surface area (TPSA) is 105 Å². The lowest BCUT2D eigenvalue weighted by Gasteiger charge is -2.18. The van der Waals surface area contributed by atoms with Gasteiger partial charge in [0.2, 0.25) is 0 Å². The van der Waals surface area contributed by atoms with Gasteiger partial charge in [-0.05, 0) is 13.8 Å². The zero-order valence-electron chi connectivity index (χ0n) is 12.9. The predicted octanol–water partition coefficient (Wildman–Crippen LogP) is 0.911. The molecule has 2 aromatic rings. The van der Waals surface area contributed by atoms with Crippen LogP contribution in [0.5, 0.6) is 0 Å². The maximum atomic E-state index is 12.0. The van der Waals surface area contributed by atoms with Crippen molar-refractivity contribution in [3.8, 4) is 0 Å². The molecule has 0 unspecified atom stereocenters. The highest BCUT2D eigenvalue weighted by Gasteiger charge is 2.14. The first-order valence-corrected chi connectivity index (χ1v) is 7.92. The SMILES string of the molecule is CC(C)n1cnnc1CN(C)C(=O)NCCSc1cn[nH]n1. The van der Waals surface area contributed by atoms with Crippen molar-refractivity contribution < 1.29 is 4.79 Å². The van der Waals surface area contributed by atoms with Gasteiger partial charge in [0.25, 0.3) is 0 Å². The molecule has 9 nitrogen and oxygen atoms in total. The summed E-state index contributed by atoms with van der Waals surface area (Å²) < 4.78 is 1.95. The normalized spacial score (nSPS) is 10.9. The first-order chi connectivity index (χ1) is 10.6. The molecule has 0 spiro atoms. The van der Waals surface area contributed by atoms with Crippen molar-refractivity contribution in [2.75, 3.05) is 19.3 Å². The lowest BCUT2D eigenvalue weighted by molar-refractivity contribution is 0.205. The van der Waals surface area contributed by atoms with Gasteiger partial charge in [-0.1, -0.05) is 0 Å². The molecule has 2 rings (SSSR count). The highest BCUT2D eigenvalue weighted by atomic mass is 32.2. The van der Waals surface area contributed by atoms with Crippen LogP contribution in [-0.4, -0.2) is 60.5 Å². The number of thioether (sulfide) groups is 1. The van der Waals surface area contributed by atoms with Crippen molar-refractivity contribution in [1.29, 1.82) is 0 Å². The van der Waals surface area contributed by atoms with E-state index in [1.165, 1.54) is 11.8 Å². The van der Waals surface area contributed by atoms with Crippen LogP contribution in [0.25, 0.3) is 0 Å². The summed E-state index contributed by atoms with van der Waals surface area (Å²) in [5.41, 5.74) is 0. The van der Waals surface area contributed by atoms with Crippen LogP contribution in [0.2, 0.25) is 0 Å². The summed E-state index contributed by atoms with van der Waals surface area (Å²) in [5, 5.41) is 21.8. The van der Waals surface area contributed by atoms with Crippen LogP contribution in [0.3, 0.4) is 0 Å². The molecule has 0 aliphatic heterocycles. The standard InChI is InChI=1S/C12H20N8OS/c1-9(2)20-8-15-16-10(20)7-19(3)12(21)13-4-5-22-11-6-14-18-17-11/h6,8-9H,4-5,7H2,1-3H3,(H,13,21)(H,14,17,18). The quantitative estimate of drug-likeness (QED) is 0.579. The fourth-order valence-electron chi connectivity index (χ4n) is 1.80. The number of urea groups is 1. The molecule has 2 N–H and O–H groups in total. The van der Waals surface area contributed by atoms with Gasteiger partial charge in [0.15, 0.2) is 5.82 Å². The maximum absolute atomic E-state index is 12.0. The number of aromatic amines is 1. The second-order valence-corrected chi connectivity index (χ2v) is 6.11. The summed E-state index contributed by atoms with van der Waals surface area (Å²) in [7, 11) is 1.74. The van der Waals surface area contributed by atoms with E-state index in [-0.39, 0.29) is 12.1 Å². The van der Waals surface area contributed by atoms with E-state index in [0.717, 1.165) is 16.6 Å². The summed E-state index contributed by atoms with van der Waals surface area (Å²) in [6.45, 7) is 5.07. The molecule has 120 valence electrons. The van der Waals surface area contributed by atoms with E-state index in [9.17, 15) is 4.79 Å². The number of aromatic nitrogens is 6. The number of carbonyl (C=O) groups excluding carboxylic acids is 1. The largest absolute Gasteiger partial charge is 0.337 e. The zero-order chi connectivity index (χ0) is 15.9. The van der Waals surface area contributed by atoms with Gasteiger partial charge in [-0.15, -0.1) is 27.1 Å². The summed E-state index contributed by atoms with van der Waals surface area (Å²) in [6.07, 6.45) is 3.33. The summed E-state index contributed by atoms with van der Waals surface area (Å²) in [5.74, 6) is 1.50. The number of amides is 2. The third-order valence-corrected chi connectivity index (χ3v) is 3.85. The Morgan fingerprint density at radius 2 is 2.36 bits per heavy atom. The van der Waals surface area contributed by atoms with Crippen molar-refractivity contribution in [2.45, 2.75) is 31.5 Å². The molecule has 2 aromatic heterocycles. The van der Waals surface area contributed by atoms with Crippen LogP contribution in [0.1, 0.15) is 25.7 Å². The second kappa shape index (κ2) is 7.78. The molecule has 2 heterocycles. The summed E-state index contributed by atoms with van der Waals surface area (Å²) in [4.78, 5) is 13.6. The highest BCUT2D eigenvalue weighted by molar-refractivity contribution is 7.99. The monoisotopic (exact) mass is 324 g/mol. The Labute approximate surface area is 132 Å². The molecule has 0 saturated carbocycles. The number of carbonyl (C=O) groups is 1. The third-order valence-electron chi connectivity index (χ3n) is 2.95. The summed E-state index contributed by atoms with van der Waals surface area (Å²) >= 11 is 1.53. The van der Waals surface area contributed by atoms with Crippen molar-refractivity contribution in [1.82, 2.24) is 40.4 Å². The molecule has 0 aliphatic rings. The maximum Gasteiger partial charge on any atom is 0.317 e. The van der Waals surface area contributed by atoms with E-state index in [4.69, 9.17) is 0 Å². The van der Waals surface area contributed by atoms with Crippen LogP contribution in [0.15, 0.2) is 17.6 Å². The van der Waals surface area contributed by atoms with Crippen LogP contribution in [0.4, 0.5) is 4.79 Å². The molecule has 0 atom stereocenters. The second-order valence-electron chi connectivity index (χ2n) is 4.99. The fourth-order valence-corrected chi connectivity index (χ4v) is 2.45.